The number of piperazine rings is 1. The minimum absolute atomic E-state index is 0.0745. The Morgan fingerprint density at radius 1 is 1.03 bits per heavy atom. The Morgan fingerprint density at radius 2 is 1.82 bits per heavy atom. The highest BCUT2D eigenvalue weighted by Gasteiger charge is 2.28. The van der Waals surface area contributed by atoms with Gasteiger partial charge in [0.2, 0.25) is 11.7 Å². The predicted molar refractivity (Wildman–Crippen MR) is 125 cm³/mol. The van der Waals surface area contributed by atoms with Gasteiger partial charge in [-0.15, -0.1) is 11.3 Å². The number of sulfone groups is 1. The van der Waals surface area contributed by atoms with E-state index in [1.807, 2.05) is 17.5 Å². The van der Waals surface area contributed by atoms with Gasteiger partial charge in [-0.2, -0.15) is 4.98 Å². The number of thiophene rings is 1. The molecule has 176 valence electrons. The van der Waals surface area contributed by atoms with Crippen LogP contribution in [0.15, 0.2) is 74.0 Å². The number of nitrogens with zero attached hydrogens (tertiary/aromatic N) is 4. The van der Waals surface area contributed by atoms with Crippen LogP contribution < -0.4 is 0 Å². The Morgan fingerprint density at radius 3 is 2.56 bits per heavy atom. The molecule has 11 heteroatoms. The Hall–Kier alpha value is -3.28. The largest absolute Gasteiger partial charge is 0.459 e. The molecule has 34 heavy (non-hydrogen) atoms. The molecule has 1 amide bonds. The molecule has 4 aromatic rings. The molecular formula is C23H22N4O5S2. The highest BCUT2D eigenvalue weighted by Crippen LogP contribution is 2.23. The molecule has 9 nitrogen and oxygen atoms in total. The van der Waals surface area contributed by atoms with Gasteiger partial charge >= 0.3 is 0 Å². The van der Waals surface area contributed by atoms with Crippen molar-refractivity contribution in [3.05, 3.63) is 77.4 Å². The zero-order valence-corrected chi connectivity index (χ0v) is 19.8. The van der Waals surface area contributed by atoms with Crippen LogP contribution in [0.2, 0.25) is 0 Å². The normalized spacial score (nSPS) is 15.0. The fourth-order valence-corrected chi connectivity index (χ4v) is 5.85. The van der Waals surface area contributed by atoms with Crippen LogP contribution in [0.1, 0.15) is 22.0 Å². The molecule has 1 saturated heterocycles. The molecule has 0 N–H and O–H groups in total. The fraction of sp³-hybridized carbons (Fsp3) is 0.261. The quantitative estimate of drug-likeness (QED) is 0.382. The van der Waals surface area contributed by atoms with E-state index in [2.05, 4.69) is 15.0 Å². The second kappa shape index (κ2) is 9.53. The van der Waals surface area contributed by atoms with Gasteiger partial charge in [-0.3, -0.25) is 9.69 Å². The molecule has 0 unspecified atom stereocenters. The molecule has 0 radical (unpaired) electrons. The van der Waals surface area contributed by atoms with Crippen LogP contribution in [0.5, 0.6) is 0 Å². The number of hydrogen-bond acceptors (Lipinski definition) is 9. The van der Waals surface area contributed by atoms with Crippen LogP contribution in [-0.4, -0.2) is 60.4 Å². The third-order valence-electron chi connectivity index (χ3n) is 5.62. The van der Waals surface area contributed by atoms with E-state index >= 15 is 0 Å². The lowest BCUT2D eigenvalue weighted by atomic mass is 10.2. The fourth-order valence-electron chi connectivity index (χ4n) is 3.82. The van der Waals surface area contributed by atoms with Gasteiger partial charge in [0.1, 0.15) is 0 Å². The van der Waals surface area contributed by atoms with Gasteiger partial charge in [-0.05, 0) is 29.6 Å². The van der Waals surface area contributed by atoms with E-state index in [0.717, 1.165) is 4.88 Å². The minimum Gasteiger partial charge on any atom is -0.459 e. The molecule has 5 rings (SSSR count). The predicted octanol–water partition coefficient (Wildman–Crippen LogP) is 3.32. The molecule has 0 bridgehead atoms. The summed E-state index contributed by atoms with van der Waals surface area (Å²) in [4.78, 5) is 22.5. The summed E-state index contributed by atoms with van der Waals surface area (Å²) in [6, 6.07) is 13.6. The number of aromatic nitrogens is 2. The van der Waals surface area contributed by atoms with Crippen LogP contribution in [0.4, 0.5) is 0 Å². The van der Waals surface area contributed by atoms with Crippen molar-refractivity contribution in [1.29, 1.82) is 0 Å². The lowest BCUT2D eigenvalue weighted by Crippen LogP contribution is -2.48. The molecule has 1 fully saturated rings. The van der Waals surface area contributed by atoms with Crippen molar-refractivity contribution in [2.24, 2.45) is 0 Å². The van der Waals surface area contributed by atoms with Crippen LogP contribution in [0, 0.1) is 0 Å². The highest BCUT2D eigenvalue weighted by molar-refractivity contribution is 7.90. The van der Waals surface area contributed by atoms with Crippen LogP contribution in [0.3, 0.4) is 0 Å². The van der Waals surface area contributed by atoms with E-state index in [1.165, 1.54) is 6.26 Å². The average Bonchev–Trinajstić information content (AvgIpc) is 3.62. The summed E-state index contributed by atoms with van der Waals surface area (Å²) in [7, 11) is -3.59. The van der Waals surface area contributed by atoms with E-state index in [0.29, 0.717) is 50.0 Å². The van der Waals surface area contributed by atoms with Crippen molar-refractivity contribution in [3.63, 3.8) is 0 Å². The SMILES string of the molecule is O=C(c1occc1CS(=O)(=O)c1ccccc1)N1CCN(Cc2nc(-c3cccs3)no2)CC1. The number of carbonyl (C=O) groups excluding carboxylic acids is 1. The number of carbonyl (C=O) groups is 1. The smallest absolute Gasteiger partial charge is 0.289 e. The van der Waals surface area contributed by atoms with Gasteiger partial charge in [0.15, 0.2) is 15.6 Å². The Balaban J connectivity index is 1.19. The Labute approximate surface area is 200 Å². The average molecular weight is 499 g/mol. The second-order valence-corrected chi connectivity index (χ2v) is 10.8. The lowest BCUT2D eigenvalue weighted by Gasteiger charge is -2.33. The molecule has 4 heterocycles. The zero-order chi connectivity index (χ0) is 23.5. The first-order valence-corrected chi connectivity index (χ1v) is 13.2. The number of hydrogen-bond donors (Lipinski definition) is 0. The van der Waals surface area contributed by atoms with Crippen molar-refractivity contribution in [2.75, 3.05) is 26.2 Å². The summed E-state index contributed by atoms with van der Waals surface area (Å²) in [5.41, 5.74) is 0.364. The van der Waals surface area contributed by atoms with Gasteiger partial charge in [0.05, 0.1) is 28.3 Å². The van der Waals surface area contributed by atoms with E-state index in [1.54, 1.807) is 52.6 Å². The molecule has 1 aliphatic rings. The highest BCUT2D eigenvalue weighted by atomic mass is 32.2. The molecular weight excluding hydrogens is 476 g/mol. The van der Waals surface area contributed by atoms with E-state index < -0.39 is 9.84 Å². The first kappa shape index (κ1) is 22.5. The van der Waals surface area contributed by atoms with Crippen molar-refractivity contribution in [1.82, 2.24) is 19.9 Å². The van der Waals surface area contributed by atoms with E-state index in [-0.39, 0.29) is 22.3 Å². The molecule has 0 aliphatic carbocycles. The standard InChI is InChI=1S/C23H22N4O5S2/c28-23(21-17(8-13-31-21)16-34(29,30)18-5-2-1-3-6-18)27-11-9-26(10-12-27)15-20-24-22(25-32-20)19-7-4-14-33-19/h1-8,13-14H,9-12,15-16H2. The summed E-state index contributed by atoms with van der Waals surface area (Å²) in [5, 5.41) is 5.99. The topological polar surface area (TPSA) is 110 Å². The minimum atomic E-state index is -3.59. The first-order chi connectivity index (χ1) is 16.5. The second-order valence-electron chi connectivity index (χ2n) is 7.90. The van der Waals surface area contributed by atoms with E-state index in [4.69, 9.17) is 8.94 Å². The van der Waals surface area contributed by atoms with Crippen molar-refractivity contribution in [3.8, 4) is 10.7 Å². The van der Waals surface area contributed by atoms with Crippen LogP contribution in [0.25, 0.3) is 10.7 Å². The third-order valence-corrected chi connectivity index (χ3v) is 8.16. The summed E-state index contributed by atoms with van der Waals surface area (Å²) in [6.07, 6.45) is 1.36. The summed E-state index contributed by atoms with van der Waals surface area (Å²) in [6.45, 7) is 2.72. The summed E-state index contributed by atoms with van der Waals surface area (Å²) in [5.74, 6) is 0.585. The van der Waals surface area contributed by atoms with Gasteiger partial charge < -0.3 is 13.8 Å². The molecule has 0 atom stereocenters. The van der Waals surface area contributed by atoms with Gasteiger partial charge in [0, 0.05) is 31.7 Å². The summed E-state index contributed by atoms with van der Waals surface area (Å²) >= 11 is 1.55. The number of rotatable bonds is 7. The third kappa shape index (κ3) is 4.81. The molecule has 1 aromatic carbocycles. The lowest BCUT2D eigenvalue weighted by molar-refractivity contribution is 0.0584. The van der Waals surface area contributed by atoms with Gasteiger partial charge in [-0.1, -0.05) is 29.4 Å². The van der Waals surface area contributed by atoms with Crippen molar-refractivity contribution in [2.45, 2.75) is 17.2 Å². The summed E-state index contributed by atoms with van der Waals surface area (Å²) < 4.78 is 36.3. The Kier molecular flexibility index (Phi) is 6.31. The number of amides is 1. The van der Waals surface area contributed by atoms with E-state index in [9.17, 15) is 13.2 Å². The first-order valence-electron chi connectivity index (χ1n) is 10.7. The maximum atomic E-state index is 13.1. The molecule has 0 spiro atoms. The van der Waals surface area contributed by atoms with Crippen molar-refractivity contribution >= 4 is 27.1 Å². The monoisotopic (exact) mass is 498 g/mol. The van der Waals surface area contributed by atoms with Crippen LogP contribution >= 0.6 is 11.3 Å². The zero-order valence-electron chi connectivity index (χ0n) is 18.2. The number of furan rings is 1. The maximum Gasteiger partial charge on any atom is 0.289 e. The Bertz CT molecular complexity index is 1360. The van der Waals surface area contributed by atoms with Crippen molar-refractivity contribution < 1.29 is 22.2 Å². The van der Waals surface area contributed by atoms with Crippen LogP contribution in [-0.2, 0) is 22.1 Å². The van der Waals surface area contributed by atoms with Gasteiger partial charge in [-0.25, -0.2) is 8.42 Å². The number of benzene rings is 1. The molecule has 3 aromatic heterocycles. The molecule has 1 aliphatic heterocycles. The maximum absolute atomic E-state index is 13.1. The molecule has 0 saturated carbocycles. The van der Waals surface area contributed by atoms with Gasteiger partial charge in [0.25, 0.3) is 5.91 Å².